The highest BCUT2D eigenvalue weighted by Crippen LogP contribution is 2.19. The van der Waals surface area contributed by atoms with Crippen molar-refractivity contribution in [3.05, 3.63) is 0 Å². The maximum atomic E-state index is 12.9. The van der Waals surface area contributed by atoms with Crippen molar-refractivity contribution in [1.82, 2.24) is 0 Å². The summed E-state index contributed by atoms with van der Waals surface area (Å²) >= 11 is 0. The van der Waals surface area contributed by atoms with E-state index in [1.165, 1.54) is 205 Å². The van der Waals surface area contributed by atoms with Crippen LogP contribution >= 0.6 is 0 Å². The molecule has 0 saturated heterocycles. The van der Waals surface area contributed by atoms with Crippen LogP contribution in [0.15, 0.2) is 0 Å². The van der Waals surface area contributed by atoms with Gasteiger partial charge in [-0.05, 0) is 37.0 Å². The highest BCUT2D eigenvalue weighted by Gasteiger charge is 2.19. The standard InChI is InChI=1S/C59H114O6/c1-7-55(6)47-41-35-29-23-18-19-24-30-36-42-48-57(60)63-51-56(52-64-58(61)49-43-37-31-26-20-22-28-34-40-46-54(4)5)65-59(62)50-44-38-32-25-17-15-13-11-9-8-10-12-14-16-21-27-33-39-45-53(2)3/h53-56H,7-52H2,1-6H3/t55?,56-/m0/s1. The summed E-state index contributed by atoms with van der Waals surface area (Å²) in [5.74, 6) is 1.69. The minimum atomic E-state index is -0.764. The predicted molar refractivity (Wildman–Crippen MR) is 279 cm³/mol. The van der Waals surface area contributed by atoms with E-state index in [1.54, 1.807) is 0 Å². The van der Waals surface area contributed by atoms with Gasteiger partial charge in [0, 0.05) is 19.3 Å². The molecule has 0 aromatic rings. The molecule has 6 nitrogen and oxygen atoms in total. The molecule has 0 aliphatic heterocycles. The van der Waals surface area contributed by atoms with E-state index < -0.39 is 6.10 Å². The summed E-state index contributed by atoms with van der Waals surface area (Å²) in [5, 5.41) is 0. The van der Waals surface area contributed by atoms with Crippen LogP contribution < -0.4 is 0 Å². The summed E-state index contributed by atoms with van der Waals surface area (Å²) in [6, 6.07) is 0. The molecule has 65 heavy (non-hydrogen) atoms. The summed E-state index contributed by atoms with van der Waals surface area (Å²) in [6.07, 6.45) is 52.4. The zero-order chi connectivity index (χ0) is 47.7. The van der Waals surface area contributed by atoms with E-state index in [9.17, 15) is 14.4 Å². The lowest BCUT2D eigenvalue weighted by molar-refractivity contribution is -0.167. The van der Waals surface area contributed by atoms with E-state index in [2.05, 4.69) is 41.5 Å². The number of carbonyl (C=O) groups is 3. The normalized spacial score (nSPS) is 12.6. The fraction of sp³-hybridized carbons (Fsp3) is 0.949. The maximum Gasteiger partial charge on any atom is 0.306 e. The Morgan fingerprint density at radius 3 is 0.800 bits per heavy atom. The van der Waals surface area contributed by atoms with E-state index in [0.29, 0.717) is 19.3 Å². The third-order valence-corrected chi connectivity index (χ3v) is 13.8. The quantitative estimate of drug-likeness (QED) is 0.0344. The molecule has 0 rings (SSSR count). The summed E-state index contributed by atoms with van der Waals surface area (Å²) in [7, 11) is 0. The van der Waals surface area contributed by atoms with Gasteiger partial charge in [-0.1, -0.05) is 286 Å². The second kappa shape index (κ2) is 50.3. The lowest BCUT2D eigenvalue weighted by atomic mass is 9.99. The van der Waals surface area contributed by atoms with Gasteiger partial charge in [0.1, 0.15) is 13.2 Å². The third kappa shape index (κ3) is 51.6. The van der Waals surface area contributed by atoms with Crippen molar-refractivity contribution in [1.29, 1.82) is 0 Å². The van der Waals surface area contributed by atoms with Gasteiger partial charge in [0.25, 0.3) is 0 Å². The Morgan fingerprint density at radius 1 is 0.308 bits per heavy atom. The molecule has 0 bridgehead atoms. The molecule has 0 aliphatic carbocycles. The SMILES string of the molecule is CCC(C)CCCCCCCCCCCCC(=O)OC[C@@H](COC(=O)CCCCCCCCCCCC(C)C)OC(=O)CCCCCCCCCCCCCCCCCCCCC(C)C. The van der Waals surface area contributed by atoms with E-state index in [-0.39, 0.29) is 31.1 Å². The average Bonchev–Trinajstić information content (AvgIpc) is 3.28. The topological polar surface area (TPSA) is 78.9 Å². The van der Waals surface area contributed by atoms with Crippen LogP contribution in [0, 0.1) is 17.8 Å². The zero-order valence-electron chi connectivity index (χ0n) is 44.8. The Hall–Kier alpha value is -1.59. The molecule has 0 spiro atoms. The number of esters is 3. The van der Waals surface area contributed by atoms with Crippen LogP contribution in [-0.4, -0.2) is 37.2 Å². The fourth-order valence-corrected chi connectivity index (χ4v) is 8.97. The summed E-state index contributed by atoms with van der Waals surface area (Å²) in [4.78, 5) is 38.1. The minimum Gasteiger partial charge on any atom is -0.462 e. The lowest BCUT2D eigenvalue weighted by Gasteiger charge is -2.18. The van der Waals surface area contributed by atoms with Crippen LogP contribution in [0.5, 0.6) is 0 Å². The Morgan fingerprint density at radius 2 is 0.538 bits per heavy atom. The summed E-state index contributed by atoms with van der Waals surface area (Å²) in [5.41, 5.74) is 0. The molecule has 1 unspecified atom stereocenters. The molecule has 0 heterocycles. The van der Waals surface area contributed by atoms with Gasteiger partial charge in [-0.3, -0.25) is 14.4 Å². The van der Waals surface area contributed by atoms with Gasteiger partial charge in [0.15, 0.2) is 6.10 Å². The number of carbonyl (C=O) groups excluding carboxylic acids is 3. The van der Waals surface area contributed by atoms with Crippen LogP contribution in [-0.2, 0) is 28.6 Å². The van der Waals surface area contributed by atoms with Gasteiger partial charge < -0.3 is 14.2 Å². The van der Waals surface area contributed by atoms with Gasteiger partial charge >= 0.3 is 17.9 Å². The van der Waals surface area contributed by atoms with Crippen LogP contribution in [0.4, 0.5) is 0 Å². The Labute approximate surface area is 406 Å². The first-order valence-corrected chi connectivity index (χ1v) is 29.1. The van der Waals surface area contributed by atoms with Crippen molar-refractivity contribution >= 4 is 17.9 Å². The van der Waals surface area contributed by atoms with Gasteiger partial charge in [-0.25, -0.2) is 0 Å². The zero-order valence-corrected chi connectivity index (χ0v) is 44.8. The number of hydrogen-bond donors (Lipinski definition) is 0. The monoisotopic (exact) mass is 919 g/mol. The van der Waals surface area contributed by atoms with Crippen LogP contribution in [0.1, 0.15) is 324 Å². The molecule has 0 aromatic carbocycles. The van der Waals surface area contributed by atoms with E-state index in [0.717, 1.165) is 75.5 Å². The smallest absolute Gasteiger partial charge is 0.306 e. The number of hydrogen-bond acceptors (Lipinski definition) is 6. The summed E-state index contributed by atoms with van der Waals surface area (Å²) < 4.78 is 16.9. The maximum absolute atomic E-state index is 12.9. The molecule has 0 aliphatic rings. The molecule has 0 radical (unpaired) electrons. The van der Waals surface area contributed by atoms with Crippen LogP contribution in [0.25, 0.3) is 0 Å². The molecule has 0 fully saturated rings. The van der Waals surface area contributed by atoms with Gasteiger partial charge in [0.05, 0.1) is 0 Å². The van der Waals surface area contributed by atoms with Crippen molar-refractivity contribution < 1.29 is 28.6 Å². The van der Waals surface area contributed by atoms with Crippen LogP contribution in [0.3, 0.4) is 0 Å². The molecular formula is C59H114O6. The third-order valence-electron chi connectivity index (χ3n) is 13.8. The molecule has 0 saturated carbocycles. The first-order chi connectivity index (χ1) is 31.6. The molecule has 0 amide bonds. The number of ether oxygens (including phenoxy) is 3. The minimum absolute atomic E-state index is 0.0640. The molecule has 6 heteroatoms. The van der Waals surface area contributed by atoms with Crippen molar-refractivity contribution in [3.63, 3.8) is 0 Å². The Kier molecular flexibility index (Phi) is 49.1. The van der Waals surface area contributed by atoms with Crippen molar-refractivity contribution in [2.75, 3.05) is 13.2 Å². The largest absolute Gasteiger partial charge is 0.462 e. The Balaban J connectivity index is 4.26. The second-order valence-electron chi connectivity index (χ2n) is 21.5. The fourth-order valence-electron chi connectivity index (χ4n) is 8.97. The highest BCUT2D eigenvalue weighted by molar-refractivity contribution is 5.71. The van der Waals surface area contributed by atoms with E-state index >= 15 is 0 Å². The molecule has 0 N–H and O–H groups in total. The second-order valence-corrected chi connectivity index (χ2v) is 21.5. The first-order valence-electron chi connectivity index (χ1n) is 29.1. The van der Waals surface area contributed by atoms with E-state index in [1.807, 2.05) is 0 Å². The van der Waals surface area contributed by atoms with Gasteiger partial charge in [-0.2, -0.15) is 0 Å². The predicted octanol–water partition coefficient (Wildman–Crippen LogP) is 19.1. The Bertz CT molecular complexity index is 1010. The van der Waals surface area contributed by atoms with Crippen molar-refractivity contribution in [2.24, 2.45) is 17.8 Å². The average molecular weight is 920 g/mol. The van der Waals surface area contributed by atoms with Gasteiger partial charge in [-0.15, -0.1) is 0 Å². The number of rotatable bonds is 52. The summed E-state index contributed by atoms with van der Waals surface area (Å²) in [6.45, 7) is 13.8. The van der Waals surface area contributed by atoms with Crippen molar-refractivity contribution in [3.8, 4) is 0 Å². The van der Waals surface area contributed by atoms with Crippen molar-refractivity contribution in [2.45, 2.75) is 330 Å². The van der Waals surface area contributed by atoms with Crippen LogP contribution in [0.2, 0.25) is 0 Å². The molecule has 2 atom stereocenters. The highest BCUT2D eigenvalue weighted by atomic mass is 16.6. The van der Waals surface area contributed by atoms with Gasteiger partial charge in [0.2, 0.25) is 0 Å². The van der Waals surface area contributed by atoms with E-state index in [4.69, 9.17) is 14.2 Å². The molecule has 386 valence electrons. The lowest BCUT2D eigenvalue weighted by Crippen LogP contribution is -2.30. The first kappa shape index (κ1) is 63.4. The number of unbranched alkanes of at least 4 members (excludes halogenated alkanes) is 34. The molecule has 0 aromatic heterocycles. The molecular weight excluding hydrogens is 805 g/mol.